The molecular formula is C16H22ClN3O. The third-order valence-electron chi connectivity index (χ3n) is 4.35. The summed E-state index contributed by atoms with van der Waals surface area (Å²) in [5, 5.41) is 4.07. The highest BCUT2D eigenvalue weighted by Gasteiger charge is 2.35. The number of hydrogen-bond acceptors (Lipinski definition) is 3. The summed E-state index contributed by atoms with van der Waals surface area (Å²) in [6, 6.07) is 3.78. The van der Waals surface area contributed by atoms with Crippen molar-refractivity contribution in [2.24, 2.45) is 11.8 Å². The fraction of sp³-hybridized carbons (Fsp3) is 0.625. The lowest BCUT2D eigenvalue weighted by molar-refractivity contribution is -0.134. The highest BCUT2D eigenvalue weighted by Crippen LogP contribution is 2.32. The number of nitrogens with zero attached hydrogens (tertiary/aromatic N) is 2. The number of halogens is 1. The Morgan fingerprint density at radius 1 is 1.43 bits per heavy atom. The first-order valence-corrected chi connectivity index (χ1v) is 8.17. The van der Waals surface area contributed by atoms with Crippen LogP contribution in [0.25, 0.3) is 0 Å². The topological polar surface area (TPSA) is 45.2 Å². The van der Waals surface area contributed by atoms with Crippen LogP contribution >= 0.6 is 11.6 Å². The van der Waals surface area contributed by atoms with Gasteiger partial charge in [-0.1, -0.05) is 11.6 Å². The minimum Gasteiger partial charge on any atom is -0.370 e. The first-order valence-electron chi connectivity index (χ1n) is 7.79. The van der Waals surface area contributed by atoms with Gasteiger partial charge in [-0.2, -0.15) is 0 Å². The molecule has 2 heterocycles. The average molecular weight is 308 g/mol. The first-order chi connectivity index (χ1) is 10.1. The number of rotatable bonds is 4. The van der Waals surface area contributed by atoms with E-state index in [1.807, 2.05) is 19.1 Å². The lowest BCUT2D eigenvalue weighted by Crippen LogP contribution is -2.42. The largest absolute Gasteiger partial charge is 0.370 e. The maximum absolute atomic E-state index is 12.1. The molecule has 114 valence electrons. The molecule has 1 atom stereocenters. The SMILES string of the molecule is Cc1nc(NCC2CCCN(C(=O)C3CC3)C2)ccc1Cl. The molecule has 1 aromatic heterocycles. The number of carbonyl (C=O) groups is 1. The van der Waals surface area contributed by atoms with E-state index in [1.54, 1.807) is 0 Å². The maximum atomic E-state index is 12.1. The number of nitrogens with one attached hydrogen (secondary N) is 1. The zero-order valence-electron chi connectivity index (χ0n) is 12.4. The van der Waals surface area contributed by atoms with Crippen molar-refractivity contribution < 1.29 is 4.79 Å². The van der Waals surface area contributed by atoms with Crippen LogP contribution in [0.5, 0.6) is 0 Å². The van der Waals surface area contributed by atoms with Gasteiger partial charge in [0.1, 0.15) is 5.82 Å². The van der Waals surface area contributed by atoms with E-state index in [1.165, 1.54) is 6.42 Å². The van der Waals surface area contributed by atoms with Gasteiger partial charge in [-0.3, -0.25) is 4.79 Å². The van der Waals surface area contributed by atoms with E-state index in [0.29, 0.717) is 22.8 Å². The summed E-state index contributed by atoms with van der Waals surface area (Å²) in [4.78, 5) is 18.6. The Morgan fingerprint density at radius 3 is 2.95 bits per heavy atom. The number of carbonyl (C=O) groups excluding carboxylic acids is 1. The summed E-state index contributed by atoms with van der Waals surface area (Å²) in [7, 11) is 0. The van der Waals surface area contributed by atoms with Gasteiger partial charge in [0.25, 0.3) is 0 Å². The van der Waals surface area contributed by atoms with Crippen molar-refractivity contribution in [3.05, 3.63) is 22.8 Å². The van der Waals surface area contributed by atoms with Crippen LogP contribution in [0.2, 0.25) is 5.02 Å². The molecule has 2 fully saturated rings. The molecule has 0 spiro atoms. The van der Waals surface area contributed by atoms with E-state index in [2.05, 4.69) is 15.2 Å². The molecule has 1 aromatic rings. The number of likely N-dealkylation sites (tertiary alicyclic amines) is 1. The van der Waals surface area contributed by atoms with Crippen molar-refractivity contribution in [3.63, 3.8) is 0 Å². The van der Waals surface area contributed by atoms with Crippen molar-refractivity contribution in [1.82, 2.24) is 9.88 Å². The molecule has 1 saturated heterocycles. The van der Waals surface area contributed by atoms with Crippen LogP contribution in [-0.4, -0.2) is 35.4 Å². The van der Waals surface area contributed by atoms with E-state index >= 15 is 0 Å². The van der Waals surface area contributed by atoms with Crippen LogP contribution in [0.15, 0.2) is 12.1 Å². The van der Waals surface area contributed by atoms with Gasteiger partial charge in [-0.05, 0) is 50.7 Å². The lowest BCUT2D eigenvalue weighted by Gasteiger charge is -2.33. The van der Waals surface area contributed by atoms with Crippen molar-refractivity contribution in [2.75, 3.05) is 25.0 Å². The number of pyridine rings is 1. The Kier molecular flexibility index (Phi) is 4.34. The van der Waals surface area contributed by atoms with Crippen LogP contribution in [0, 0.1) is 18.8 Å². The minimum absolute atomic E-state index is 0.331. The average Bonchev–Trinajstić information content (AvgIpc) is 3.33. The Morgan fingerprint density at radius 2 is 2.24 bits per heavy atom. The van der Waals surface area contributed by atoms with E-state index in [4.69, 9.17) is 11.6 Å². The van der Waals surface area contributed by atoms with Crippen molar-refractivity contribution in [3.8, 4) is 0 Å². The normalized spacial score (nSPS) is 22.2. The molecule has 0 radical (unpaired) electrons. The van der Waals surface area contributed by atoms with Gasteiger partial charge >= 0.3 is 0 Å². The van der Waals surface area contributed by atoms with Crippen molar-refractivity contribution in [2.45, 2.75) is 32.6 Å². The second kappa shape index (κ2) is 6.22. The summed E-state index contributed by atoms with van der Waals surface area (Å²) in [5.74, 6) is 2.08. The molecule has 5 heteroatoms. The predicted octanol–water partition coefficient (Wildman–Crippen LogP) is 3.10. The molecule has 1 amide bonds. The Bertz CT molecular complexity index is 530. The zero-order valence-corrected chi connectivity index (χ0v) is 13.2. The van der Waals surface area contributed by atoms with Gasteiger partial charge in [-0.25, -0.2) is 4.98 Å². The van der Waals surface area contributed by atoms with Crippen LogP contribution < -0.4 is 5.32 Å². The lowest BCUT2D eigenvalue weighted by atomic mass is 9.97. The molecule has 0 aromatic carbocycles. The summed E-state index contributed by atoms with van der Waals surface area (Å²) >= 11 is 5.98. The second-order valence-electron chi connectivity index (χ2n) is 6.21. The summed E-state index contributed by atoms with van der Waals surface area (Å²) < 4.78 is 0. The molecule has 21 heavy (non-hydrogen) atoms. The van der Waals surface area contributed by atoms with Gasteiger partial charge in [-0.15, -0.1) is 0 Å². The molecule has 2 aliphatic rings. The summed E-state index contributed by atoms with van der Waals surface area (Å²) in [6.07, 6.45) is 4.46. The molecule has 1 N–H and O–H groups in total. The fourth-order valence-electron chi connectivity index (χ4n) is 2.91. The van der Waals surface area contributed by atoms with Gasteiger partial charge < -0.3 is 10.2 Å². The predicted molar refractivity (Wildman–Crippen MR) is 84.5 cm³/mol. The van der Waals surface area contributed by atoms with Crippen molar-refractivity contribution in [1.29, 1.82) is 0 Å². The van der Waals surface area contributed by atoms with Crippen LogP contribution in [0.4, 0.5) is 5.82 Å². The van der Waals surface area contributed by atoms with E-state index in [-0.39, 0.29) is 0 Å². The molecule has 1 aliphatic carbocycles. The highest BCUT2D eigenvalue weighted by molar-refractivity contribution is 6.31. The van der Waals surface area contributed by atoms with Crippen molar-refractivity contribution >= 4 is 23.3 Å². The zero-order chi connectivity index (χ0) is 14.8. The molecular weight excluding hydrogens is 286 g/mol. The third-order valence-corrected chi connectivity index (χ3v) is 4.75. The quantitative estimate of drug-likeness (QED) is 0.929. The number of piperidine rings is 1. The standard InChI is InChI=1S/C16H22ClN3O/c1-11-14(17)6-7-15(19-11)18-9-12-3-2-8-20(10-12)16(21)13-4-5-13/h6-7,12-13H,2-5,8-10H2,1H3,(H,18,19). The van der Waals surface area contributed by atoms with E-state index in [9.17, 15) is 4.79 Å². The molecule has 4 nitrogen and oxygen atoms in total. The molecule has 0 bridgehead atoms. The Labute approximate surface area is 130 Å². The number of aromatic nitrogens is 1. The number of amides is 1. The number of aryl methyl sites for hydroxylation is 1. The molecule has 1 saturated carbocycles. The maximum Gasteiger partial charge on any atom is 0.225 e. The molecule has 1 aliphatic heterocycles. The van der Waals surface area contributed by atoms with E-state index < -0.39 is 0 Å². The molecule has 1 unspecified atom stereocenters. The van der Waals surface area contributed by atoms with Crippen LogP contribution in [-0.2, 0) is 4.79 Å². The monoisotopic (exact) mass is 307 g/mol. The van der Waals surface area contributed by atoms with Crippen LogP contribution in [0.3, 0.4) is 0 Å². The minimum atomic E-state index is 0.331. The smallest absolute Gasteiger partial charge is 0.225 e. The molecule has 3 rings (SSSR count). The number of hydrogen-bond donors (Lipinski definition) is 1. The van der Waals surface area contributed by atoms with Crippen LogP contribution in [0.1, 0.15) is 31.4 Å². The Balaban J connectivity index is 1.52. The number of anilines is 1. The summed E-state index contributed by atoms with van der Waals surface area (Å²) in [6.45, 7) is 4.59. The second-order valence-corrected chi connectivity index (χ2v) is 6.62. The highest BCUT2D eigenvalue weighted by atomic mass is 35.5. The fourth-order valence-corrected chi connectivity index (χ4v) is 3.02. The first kappa shape index (κ1) is 14.6. The van der Waals surface area contributed by atoms with Gasteiger partial charge in [0.2, 0.25) is 5.91 Å². The third kappa shape index (κ3) is 3.67. The van der Waals surface area contributed by atoms with Gasteiger partial charge in [0.15, 0.2) is 0 Å². The van der Waals surface area contributed by atoms with Gasteiger partial charge in [0, 0.05) is 25.6 Å². The van der Waals surface area contributed by atoms with Gasteiger partial charge in [0.05, 0.1) is 10.7 Å². The Hall–Kier alpha value is -1.29. The van der Waals surface area contributed by atoms with E-state index in [0.717, 1.165) is 50.4 Å². The summed E-state index contributed by atoms with van der Waals surface area (Å²) in [5.41, 5.74) is 0.843.